The van der Waals surface area contributed by atoms with E-state index in [0.717, 1.165) is 17.5 Å². The first-order chi connectivity index (χ1) is 14.4. The van der Waals surface area contributed by atoms with Crippen molar-refractivity contribution in [1.82, 2.24) is 15.0 Å². The van der Waals surface area contributed by atoms with Gasteiger partial charge in [-0.05, 0) is 32.9 Å². The monoisotopic (exact) mass is 442 g/mol. The molecule has 10 heteroatoms. The van der Waals surface area contributed by atoms with Crippen molar-refractivity contribution < 1.29 is 18.7 Å². The van der Waals surface area contributed by atoms with Crippen molar-refractivity contribution in [3.63, 3.8) is 0 Å². The molecule has 0 fully saturated rings. The van der Waals surface area contributed by atoms with Crippen molar-refractivity contribution in [3.8, 4) is 17.7 Å². The highest BCUT2D eigenvalue weighted by Crippen LogP contribution is 2.29. The van der Waals surface area contributed by atoms with Gasteiger partial charge in [0.05, 0.1) is 30.4 Å². The Kier molecular flexibility index (Phi) is 6.97. The average molecular weight is 443 g/mol. The zero-order chi connectivity index (χ0) is 21.7. The number of ether oxygens (including phenoxy) is 1. The first kappa shape index (κ1) is 21.7. The summed E-state index contributed by atoms with van der Waals surface area (Å²) in [5, 5.41) is 12.0. The van der Waals surface area contributed by atoms with Gasteiger partial charge in [0.1, 0.15) is 15.6 Å². The predicted molar refractivity (Wildman–Crippen MR) is 111 cm³/mol. The Balaban J connectivity index is 1.90. The summed E-state index contributed by atoms with van der Waals surface area (Å²) < 4.78 is 10.5. The summed E-state index contributed by atoms with van der Waals surface area (Å²) in [6.07, 6.45) is 1.50. The highest BCUT2D eigenvalue weighted by Gasteiger charge is 2.26. The highest BCUT2D eigenvalue weighted by atomic mass is 32.2. The summed E-state index contributed by atoms with van der Waals surface area (Å²) in [4.78, 5) is 38.2. The molecule has 8 nitrogen and oxygen atoms in total. The zero-order valence-electron chi connectivity index (χ0n) is 16.5. The molecular formula is C20H18N4O4S2. The number of aryl methyl sites for hydroxylation is 2. The molecule has 1 atom stereocenters. The number of thioether (sulfide) groups is 1. The molecule has 0 N–H and O–H groups in total. The number of ketones is 1. The Morgan fingerprint density at radius 1 is 1.33 bits per heavy atom. The van der Waals surface area contributed by atoms with E-state index in [9.17, 15) is 14.9 Å². The van der Waals surface area contributed by atoms with Gasteiger partial charge in [-0.25, -0.2) is 19.7 Å². The van der Waals surface area contributed by atoms with Crippen LogP contribution < -0.4 is 0 Å². The summed E-state index contributed by atoms with van der Waals surface area (Å²) in [6, 6.07) is 5.43. The fourth-order valence-electron chi connectivity index (χ4n) is 2.60. The number of hydrogen-bond donors (Lipinski definition) is 0. The number of aromatic nitrogens is 3. The molecule has 3 heterocycles. The second-order valence-electron chi connectivity index (χ2n) is 6.15. The van der Waals surface area contributed by atoms with Crippen LogP contribution in [-0.2, 0) is 9.53 Å². The molecule has 0 saturated carbocycles. The molecule has 154 valence electrons. The van der Waals surface area contributed by atoms with Crippen LogP contribution in [0.5, 0.6) is 0 Å². The second kappa shape index (κ2) is 9.65. The fraction of sp³-hybridized carbons (Fsp3) is 0.300. The smallest absolute Gasteiger partial charge is 0.342 e. The minimum atomic E-state index is -0.963. The molecule has 0 spiro atoms. The van der Waals surface area contributed by atoms with E-state index in [2.05, 4.69) is 15.0 Å². The van der Waals surface area contributed by atoms with Crippen molar-refractivity contribution in [2.24, 2.45) is 0 Å². The van der Waals surface area contributed by atoms with Gasteiger partial charge in [0.25, 0.3) is 0 Å². The minimum absolute atomic E-state index is 0.0582. The van der Waals surface area contributed by atoms with Gasteiger partial charge in [0, 0.05) is 11.1 Å². The standard InChI is InChI=1S/C20H18N4O4S2/c1-4-27-20(26)16-12(3)23-17(15-6-5-7-28-15)24-19(16)30-10-14(25)13(8-21)18-22-11(2)9-29-18/h5-7,9,13H,4,10H2,1-3H3. The topological polar surface area (TPSA) is 119 Å². The Hall–Kier alpha value is -3.03. The zero-order valence-corrected chi connectivity index (χ0v) is 18.2. The van der Waals surface area contributed by atoms with E-state index in [4.69, 9.17) is 9.15 Å². The number of carbonyl (C=O) groups is 2. The normalized spacial score (nSPS) is 11.7. The molecular weight excluding hydrogens is 424 g/mol. The van der Waals surface area contributed by atoms with Crippen LogP contribution in [0.2, 0.25) is 0 Å². The van der Waals surface area contributed by atoms with Gasteiger partial charge in [0.15, 0.2) is 23.3 Å². The molecule has 0 aliphatic heterocycles. The van der Waals surface area contributed by atoms with Gasteiger partial charge in [-0.2, -0.15) is 5.26 Å². The van der Waals surface area contributed by atoms with Crippen LogP contribution in [0.1, 0.15) is 39.6 Å². The van der Waals surface area contributed by atoms with Gasteiger partial charge < -0.3 is 9.15 Å². The molecule has 0 radical (unpaired) electrons. The summed E-state index contributed by atoms with van der Waals surface area (Å²) in [7, 11) is 0. The van der Waals surface area contributed by atoms with Crippen LogP contribution in [0.15, 0.2) is 33.2 Å². The largest absolute Gasteiger partial charge is 0.462 e. The number of thiazole rings is 1. The Bertz CT molecular complexity index is 1100. The van der Waals surface area contributed by atoms with Crippen molar-refractivity contribution in [1.29, 1.82) is 5.26 Å². The quantitative estimate of drug-likeness (QED) is 0.290. The highest BCUT2D eigenvalue weighted by molar-refractivity contribution is 8.00. The number of esters is 1. The van der Waals surface area contributed by atoms with Crippen LogP contribution in [0.3, 0.4) is 0 Å². The van der Waals surface area contributed by atoms with Crippen LogP contribution >= 0.6 is 23.1 Å². The van der Waals surface area contributed by atoms with Gasteiger partial charge in [-0.15, -0.1) is 11.3 Å². The van der Waals surface area contributed by atoms with E-state index in [-0.39, 0.29) is 23.7 Å². The number of hydrogen-bond acceptors (Lipinski definition) is 10. The number of furan rings is 1. The number of rotatable bonds is 8. The van der Waals surface area contributed by atoms with Crippen molar-refractivity contribution in [3.05, 3.63) is 45.7 Å². The molecule has 0 aliphatic carbocycles. The lowest BCUT2D eigenvalue weighted by Crippen LogP contribution is -2.15. The number of Topliss-reactive ketones (excluding diaryl/α,β-unsaturated/α-hetero) is 1. The lowest BCUT2D eigenvalue weighted by molar-refractivity contribution is -0.116. The molecule has 0 saturated heterocycles. The van der Waals surface area contributed by atoms with Crippen molar-refractivity contribution >= 4 is 34.9 Å². The molecule has 0 aromatic carbocycles. The number of nitrogens with zero attached hydrogens (tertiary/aromatic N) is 4. The van der Waals surface area contributed by atoms with E-state index in [1.165, 1.54) is 17.6 Å². The lowest BCUT2D eigenvalue weighted by Gasteiger charge is -2.12. The Labute approximate surface area is 181 Å². The molecule has 1 unspecified atom stereocenters. The summed E-state index contributed by atoms with van der Waals surface area (Å²) in [6.45, 7) is 5.37. The van der Waals surface area contributed by atoms with Crippen molar-refractivity contribution in [2.45, 2.75) is 31.7 Å². The van der Waals surface area contributed by atoms with Gasteiger partial charge in [-0.3, -0.25) is 4.79 Å². The SMILES string of the molecule is CCOC(=O)c1c(C)nc(-c2ccco2)nc1SCC(=O)C(C#N)c1nc(C)cs1. The number of nitriles is 1. The van der Waals surface area contributed by atoms with Gasteiger partial charge in [0.2, 0.25) is 0 Å². The summed E-state index contributed by atoms with van der Waals surface area (Å²) >= 11 is 2.34. The number of carbonyl (C=O) groups excluding carboxylic acids is 2. The maximum absolute atomic E-state index is 12.7. The molecule has 3 aromatic rings. The first-order valence-electron chi connectivity index (χ1n) is 9.01. The van der Waals surface area contributed by atoms with Crippen LogP contribution in [0, 0.1) is 25.2 Å². The van der Waals surface area contributed by atoms with E-state index in [1.54, 1.807) is 38.3 Å². The predicted octanol–water partition coefficient (Wildman–Crippen LogP) is 3.96. The van der Waals surface area contributed by atoms with E-state index >= 15 is 0 Å². The van der Waals surface area contributed by atoms with Crippen LogP contribution in [0.25, 0.3) is 11.6 Å². The molecule has 0 bridgehead atoms. The van der Waals surface area contributed by atoms with E-state index < -0.39 is 11.9 Å². The third-order valence-electron chi connectivity index (χ3n) is 3.96. The maximum atomic E-state index is 12.7. The second-order valence-corrected chi connectivity index (χ2v) is 8.01. The van der Waals surface area contributed by atoms with Gasteiger partial charge >= 0.3 is 5.97 Å². The first-order valence-corrected chi connectivity index (χ1v) is 10.9. The van der Waals surface area contributed by atoms with Crippen LogP contribution in [0.4, 0.5) is 0 Å². The van der Waals surface area contributed by atoms with Crippen LogP contribution in [-0.4, -0.2) is 39.1 Å². The van der Waals surface area contributed by atoms with E-state index in [1.807, 2.05) is 6.07 Å². The average Bonchev–Trinajstić information content (AvgIpc) is 3.39. The Morgan fingerprint density at radius 2 is 2.13 bits per heavy atom. The fourth-order valence-corrected chi connectivity index (χ4v) is 4.43. The van der Waals surface area contributed by atoms with Gasteiger partial charge in [-0.1, -0.05) is 11.8 Å². The van der Waals surface area contributed by atoms with E-state index in [0.29, 0.717) is 27.3 Å². The summed E-state index contributed by atoms with van der Waals surface area (Å²) in [5.74, 6) is -1.17. The summed E-state index contributed by atoms with van der Waals surface area (Å²) in [5.41, 5.74) is 1.37. The molecule has 0 amide bonds. The Morgan fingerprint density at radius 3 is 2.73 bits per heavy atom. The molecule has 30 heavy (non-hydrogen) atoms. The lowest BCUT2D eigenvalue weighted by atomic mass is 10.1. The maximum Gasteiger partial charge on any atom is 0.342 e. The molecule has 3 rings (SSSR count). The third kappa shape index (κ3) is 4.75. The molecule has 0 aliphatic rings. The molecule has 3 aromatic heterocycles. The minimum Gasteiger partial charge on any atom is -0.462 e. The third-order valence-corrected chi connectivity index (χ3v) is 5.99. The van der Waals surface area contributed by atoms with Crippen molar-refractivity contribution in [2.75, 3.05) is 12.4 Å².